The zero-order valence-corrected chi connectivity index (χ0v) is 24.3. The number of hydrogen-bond donors (Lipinski definition) is 1. The van der Waals surface area contributed by atoms with Crippen LogP contribution in [0, 0.1) is 49.7 Å². The van der Waals surface area contributed by atoms with Crippen molar-refractivity contribution in [3.05, 3.63) is 11.6 Å². The van der Waals surface area contributed by atoms with E-state index in [9.17, 15) is 14.7 Å². The summed E-state index contributed by atoms with van der Waals surface area (Å²) in [5, 5.41) is 10.9. The number of ether oxygens (including phenoxy) is 1. The number of methoxy groups -OCH3 is 1. The van der Waals surface area contributed by atoms with E-state index in [1.807, 2.05) is 0 Å². The van der Waals surface area contributed by atoms with E-state index >= 15 is 0 Å². The molecule has 0 spiro atoms. The molecule has 5 rings (SSSR count). The van der Waals surface area contributed by atoms with E-state index < -0.39 is 10.8 Å². The summed E-state index contributed by atoms with van der Waals surface area (Å²) in [6, 6.07) is 0. The first kappa shape index (κ1) is 26.4. The molecule has 4 heteroatoms. The van der Waals surface area contributed by atoms with E-state index in [2.05, 4.69) is 61.5 Å². The van der Waals surface area contributed by atoms with Crippen LogP contribution in [0.3, 0.4) is 0 Å². The predicted octanol–water partition coefficient (Wildman–Crippen LogP) is 6.89. The molecule has 1 N–H and O–H groups in total. The predicted molar refractivity (Wildman–Crippen MR) is 142 cm³/mol. The molecular weight excluding hydrogens is 448 g/mol. The van der Waals surface area contributed by atoms with Crippen molar-refractivity contribution >= 4 is 11.8 Å². The highest BCUT2D eigenvalue weighted by Crippen LogP contribution is 2.77. The van der Waals surface area contributed by atoms with E-state index in [0.29, 0.717) is 24.7 Å². The highest BCUT2D eigenvalue weighted by atomic mass is 16.5. The first-order valence-corrected chi connectivity index (χ1v) is 14.5. The van der Waals surface area contributed by atoms with Gasteiger partial charge in [0, 0.05) is 17.3 Å². The lowest BCUT2D eigenvalue weighted by Crippen LogP contribution is -2.69. The van der Waals surface area contributed by atoms with Crippen molar-refractivity contribution in [3.63, 3.8) is 0 Å². The molecule has 5 aliphatic carbocycles. The molecule has 0 heterocycles. The van der Waals surface area contributed by atoms with Gasteiger partial charge in [0.15, 0.2) is 5.78 Å². The first-order valence-electron chi connectivity index (χ1n) is 14.5. The quantitative estimate of drug-likeness (QED) is 0.243. The minimum atomic E-state index is -1.07. The third-order valence-electron chi connectivity index (χ3n) is 13.5. The van der Waals surface area contributed by atoms with Crippen LogP contribution in [0.25, 0.3) is 0 Å². The van der Waals surface area contributed by atoms with E-state index in [1.54, 1.807) is 0 Å². The molecule has 0 unspecified atom stereocenters. The van der Waals surface area contributed by atoms with Gasteiger partial charge in [0.05, 0.1) is 13.2 Å². The molecule has 0 saturated heterocycles. The van der Waals surface area contributed by atoms with E-state index in [4.69, 9.17) is 4.74 Å². The molecule has 0 aliphatic heterocycles. The van der Waals surface area contributed by atoms with Gasteiger partial charge in [-0.1, -0.05) is 67.0 Å². The third-order valence-corrected chi connectivity index (χ3v) is 13.5. The number of Topliss-reactive ketones (excluding diaryl/α,β-unsaturated/α-hetero) is 1. The average molecular weight is 499 g/mol. The molecule has 0 aromatic heterocycles. The molecule has 0 radical (unpaired) electrons. The Morgan fingerprint density at radius 3 is 2.22 bits per heavy atom. The maximum absolute atomic E-state index is 14.4. The van der Waals surface area contributed by atoms with Crippen LogP contribution >= 0.6 is 0 Å². The third kappa shape index (κ3) is 2.86. The number of esters is 1. The summed E-state index contributed by atoms with van der Waals surface area (Å²) in [5.41, 5.74) is -0.428. The number of aliphatic hydroxyl groups is 1. The number of carbonyl (C=O) groups is 2. The number of allylic oxidation sites excluding steroid dienone is 2. The Bertz CT molecular complexity index is 1020. The van der Waals surface area contributed by atoms with Crippen LogP contribution < -0.4 is 0 Å². The fraction of sp³-hybridized carbons (Fsp3) is 0.875. The Balaban J connectivity index is 1.68. The van der Waals surface area contributed by atoms with Crippen molar-refractivity contribution < 1.29 is 19.4 Å². The van der Waals surface area contributed by atoms with Crippen LogP contribution in [-0.2, 0) is 14.3 Å². The number of fused-ring (bicyclic) bond motifs is 7. The first-order chi connectivity index (χ1) is 16.5. The topological polar surface area (TPSA) is 63.6 Å². The molecule has 4 nitrogen and oxygen atoms in total. The van der Waals surface area contributed by atoms with Gasteiger partial charge >= 0.3 is 5.97 Å². The number of carbonyl (C=O) groups excluding carboxylic acids is 2. The second-order valence-electron chi connectivity index (χ2n) is 15.8. The Hall–Kier alpha value is -1.16. The molecule has 0 aromatic rings. The van der Waals surface area contributed by atoms with Crippen molar-refractivity contribution in [2.75, 3.05) is 7.11 Å². The lowest BCUT2D eigenvalue weighted by Gasteiger charge is -2.72. The van der Waals surface area contributed by atoms with Crippen LogP contribution in [-0.4, -0.2) is 30.1 Å². The highest BCUT2D eigenvalue weighted by Gasteiger charge is 2.75. The summed E-state index contributed by atoms with van der Waals surface area (Å²) < 4.78 is 5.41. The second kappa shape index (κ2) is 7.48. The maximum atomic E-state index is 14.4. The molecule has 4 fully saturated rings. The maximum Gasteiger partial charge on any atom is 0.320 e. The summed E-state index contributed by atoms with van der Waals surface area (Å²) in [6.45, 7) is 18.7. The van der Waals surface area contributed by atoms with Crippen molar-refractivity contribution in [1.29, 1.82) is 0 Å². The lowest BCUT2D eigenvalue weighted by molar-refractivity contribution is -0.211. The molecule has 4 saturated carbocycles. The highest BCUT2D eigenvalue weighted by molar-refractivity contribution is 6.07. The van der Waals surface area contributed by atoms with Crippen molar-refractivity contribution in [2.24, 2.45) is 49.7 Å². The van der Waals surface area contributed by atoms with Crippen LogP contribution in [0.4, 0.5) is 0 Å². The van der Waals surface area contributed by atoms with Gasteiger partial charge in [-0.2, -0.15) is 0 Å². The number of hydrogen-bond acceptors (Lipinski definition) is 4. The van der Waals surface area contributed by atoms with Crippen molar-refractivity contribution in [1.82, 2.24) is 0 Å². The van der Waals surface area contributed by atoms with Crippen LogP contribution in [0.5, 0.6) is 0 Å². The molecule has 36 heavy (non-hydrogen) atoms. The minimum absolute atomic E-state index is 0.0246. The zero-order valence-electron chi connectivity index (χ0n) is 24.3. The Kier molecular flexibility index (Phi) is 5.50. The zero-order chi connectivity index (χ0) is 26.7. The summed E-state index contributed by atoms with van der Waals surface area (Å²) in [4.78, 5) is 27.9. The van der Waals surface area contributed by atoms with Crippen LogP contribution in [0.1, 0.15) is 113 Å². The fourth-order valence-electron chi connectivity index (χ4n) is 11.5. The van der Waals surface area contributed by atoms with Gasteiger partial charge < -0.3 is 9.84 Å². The number of aliphatic hydroxyl groups excluding tert-OH is 1. The molecular formula is C32H50O4. The average Bonchev–Trinajstić information content (AvgIpc) is 2.76. The van der Waals surface area contributed by atoms with Crippen LogP contribution in [0.15, 0.2) is 11.6 Å². The van der Waals surface area contributed by atoms with E-state index in [0.717, 1.165) is 44.9 Å². The smallest absolute Gasteiger partial charge is 0.320 e. The number of ketones is 1. The van der Waals surface area contributed by atoms with Crippen molar-refractivity contribution in [2.45, 2.75) is 119 Å². The van der Waals surface area contributed by atoms with Gasteiger partial charge in [-0.05, 0) is 84.9 Å². The van der Waals surface area contributed by atoms with Crippen molar-refractivity contribution in [3.8, 4) is 0 Å². The van der Waals surface area contributed by atoms with Gasteiger partial charge in [-0.25, -0.2) is 0 Å². The standard InChI is InChI=1S/C32H50O4/c1-26(2)16-17-32(25(35)36-9)24(34)18-30(7)22(31(32,8)19-26)11-10-21-28(5)14-13-23(33)27(3,4)20(28)12-15-29(21,30)6/h11,20-21,23,33H,10,12-19H2,1-9H3/t20-,21+,23-,28-,29+,30+,31-,32+/m0/s1. The second-order valence-corrected chi connectivity index (χ2v) is 15.8. The van der Waals surface area contributed by atoms with E-state index in [-0.39, 0.29) is 44.9 Å². The molecule has 5 aliphatic rings. The molecule has 8 atom stereocenters. The summed E-state index contributed by atoms with van der Waals surface area (Å²) in [6.07, 6.45) is 10.0. The molecule has 0 aromatic carbocycles. The normalized spacial score (nSPS) is 51.1. The summed E-state index contributed by atoms with van der Waals surface area (Å²) >= 11 is 0. The fourth-order valence-corrected chi connectivity index (χ4v) is 11.5. The minimum Gasteiger partial charge on any atom is -0.468 e. The summed E-state index contributed by atoms with van der Waals surface area (Å²) in [7, 11) is 1.45. The Morgan fingerprint density at radius 1 is 0.917 bits per heavy atom. The monoisotopic (exact) mass is 498 g/mol. The molecule has 202 valence electrons. The van der Waals surface area contributed by atoms with Crippen LogP contribution in [0.2, 0.25) is 0 Å². The molecule has 0 bridgehead atoms. The van der Waals surface area contributed by atoms with Gasteiger partial charge in [0.2, 0.25) is 0 Å². The van der Waals surface area contributed by atoms with E-state index in [1.165, 1.54) is 12.7 Å². The van der Waals surface area contributed by atoms with Gasteiger partial charge in [0.1, 0.15) is 5.41 Å². The largest absolute Gasteiger partial charge is 0.468 e. The lowest BCUT2D eigenvalue weighted by atomic mass is 9.31. The van der Waals surface area contributed by atoms with Gasteiger partial charge in [-0.3, -0.25) is 9.59 Å². The number of rotatable bonds is 1. The van der Waals surface area contributed by atoms with Gasteiger partial charge in [-0.15, -0.1) is 0 Å². The van der Waals surface area contributed by atoms with Gasteiger partial charge in [0.25, 0.3) is 0 Å². The Morgan fingerprint density at radius 2 is 1.58 bits per heavy atom. The molecule has 0 amide bonds. The SMILES string of the molecule is COC(=O)[C@]12CCC(C)(C)C[C@@]1(C)C1=CC[C@@H]3[C@@]4(C)CC[C@H](O)C(C)(C)[C@@H]4CC[C@@]3(C)[C@]1(C)CC2=O. The Labute approximate surface area is 219 Å². The summed E-state index contributed by atoms with van der Waals surface area (Å²) in [5.74, 6) is 0.728.